The van der Waals surface area contributed by atoms with Crippen molar-refractivity contribution >= 4 is 23.5 Å². The molecular weight excluding hydrogens is 340 g/mol. The van der Waals surface area contributed by atoms with Crippen LogP contribution in [0.25, 0.3) is 6.08 Å². The lowest BCUT2D eigenvalue weighted by Gasteiger charge is -2.46. The van der Waals surface area contributed by atoms with Gasteiger partial charge in [0.25, 0.3) is 5.69 Å². The van der Waals surface area contributed by atoms with Crippen molar-refractivity contribution in [1.29, 1.82) is 0 Å². The fourth-order valence-corrected chi connectivity index (χ4v) is 4.39. The highest BCUT2D eigenvalue weighted by atomic mass is 32.2. The van der Waals surface area contributed by atoms with Crippen LogP contribution in [0, 0.1) is 16.0 Å². The maximum atomic E-state index is 11.1. The van der Waals surface area contributed by atoms with Gasteiger partial charge in [-0.2, -0.15) is 0 Å². The quantitative estimate of drug-likeness (QED) is 0.638. The number of phenolic OH excluding ortho intramolecular Hbond substituents is 1. The summed E-state index contributed by atoms with van der Waals surface area (Å²) in [6.07, 6.45) is 1.81. The highest BCUT2D eigenvalue weighted by molar-refractivity contribution is 8.01. The van der Waals surface area contributed by atoms with Crippen molar-refractivity contribution in [3.63, 3.8) is 0 Å². The molecule has 1 heterocycles. The average molecular weight is 366 g/mol. The predicted octanol–water partition coefficient (Wildman–Crippen LogP) is 4.13. The van der Waals surface area contributed by atoms with E-state index in [1.807, 2.05) is 24.8 Å². The van der Waals surface area contributed by atoms with Crippen molar-refractivity contribution in [3.8, 4) is 11.5 Å². The molecule has 0 radical (unpaired) electrons. The van der Waals surface area contributed by atoms with Crippen LogP contribution in [0.1, 0.15) is 33.3 Å². The summed E-state index contributed by atoms with van der Waals surface area (Å²) in [7, 11) is 3.46. The zero-order valence-electron chi connectivity index (χ0n) is 15.6. The van der Waals surface area contributed by atoms with E-state index in [2.05, 4.69) is 32.7 Å². The number of nitro groups is 1. The van der Waals surface area contributed by atoms with Crippen molar-refractivity contribution < 1.29 is 14.8 Å². The summed E-state index contributed by atoms with van der Waals surface area (Å²) in [6, 6.07) is 2.61. The molecule has 1 aliphatic heterocycles. The van der Waals surface area contributed by atoms with Crippen molar-refractivity contribution in [2.75, 3.05) is 20.7 Å². The van der Waals surface area contributed by atoms with Crippen molar-refractivity contribution in [1.82, 2.24) is 4.90 Å². The Bertz CT molecular complexity index is 703. The smallest absolute Gasteiger partial charge is 0.274 e. The number of likely N-dealkylation sites (N-methyl/N-ethyl adjacent to an activating group) is 1. The minimum absolute atomic E-state index is 0.0801. The molecule has 2 rings (SSSR count). The standard InChI is InChI=1S/C18H26N2O4S/c1-11(17-19(5)10-12(2)18(3,4)25-17)7-13-8-14(20(22)23)9-15(24-6)16(13)21/h7-9,12,17,21H,10H2,1-6H3. The molecule has 1 fully saturated rings. The van der Waals surface area contributed by atoms with Crippen molar-refractivity contribution in [3.05, 3.63) is 33.4 Å². The summed E-state index contributed by atoms with van der Waals surface area (Å²) in [5.74, 6) is 0.577. The maximum Gasteiger partial charge on any atom is 0.274 e. The van der Waals surface area contributed by atoms with E-state index in [1.165, 1.54) is 19.2 Å². The van der Waals surface area contributed by atoms with Crippen LogP contribution < -0.4 is 4.74 Å². The highest BCUT2D eigenvalue weighted by Crippen LogP contribution is 2.44. The second kappa shape index (κ2) is 7.25. The van der Waals surface area contributed by atoms with Gasteiger partial charge in [-0.3, -0.25) is 15.0 Å². The summed E-state index contributed by atoms with van der Waals surface area (Å²) < 4.78 is 5.21. The van der Waals surface area contributed by atoms with Gasteiger partial charge in [0.1, 0.15) is 0 Å². The first-order valence-corrected chi connectivity index (χ1v) is 9.06. The summed E-state index contributed by atoms with van der Waals surface area (Å²) >= 11 is 1.87. The van der Waals surface area contributed by atoms with Crippen LogP contribution in [-0.2, 0) is 0 Å². The molecule has 0 bridgehead atoms. The first kappa shape index (κ1) is 19.6. The Morgan fingerprint density at radius 1 is 1.52 bits per heavy atom. The van der Waals surface area contributed by atoms with Gasteiger partial charge in [-0.25, -0.2) is 0 Å². The summed E-state index contributed by atoms with van der Waals surface area (Å²) in [4.78, 5) is 12.9. The van der Waals surface area contributed by atoms with E-state index in [9.17, 15) is 15.2 Å². The number of methoxy groups -OCH3 is 1. The normalized spacial score (nSPS) is 24.2. The molecule has 0 aromatic heterocycles. The fraction of sp³-hybridized carbons (Fsp3) is 0.556. The van der Waals surface area contributed by atoms with Gasteiger partial charge in [0.05, 0.1) is 23.5 Å². The number of thioether (sulfide) groups is 1. The van der Waals surface area contributed by atoms with Crippen LogP contribution in [0.2, 0.25) is 0 Å². The lowest BCUT2D eigenvalue weighted by molar-refractivity contribution is -0.385. The molecule has 0 saturated carbocycles. The molecule has 1 aromatic rings. The van der Waals surface area contributed by atoms with Gasteiger partial charge in [-0.15, -0.1) is 11.8 Å². The summed E-state index contributed by atoms with van der Waals surface area (Å²) in [5.41, 5.74) is 1.33. The van der Waals surface area contributed by atoms with Gasteiger partial charge in [0, 0.05) is 22.9 Å². The Kier molecular flexibility index (Phi) is 5.68. The van der Waals surface area contributed by atoms with Crippen LogP contribution in [-0.4, -0.2) is 45.8 Å². The number of hydrogen-bond acceptors (Lipinski definition) is 6. The molecule has 0 aliphatic carbocycles. The van der Waals surface area contributed by atoms with Crippen LogP contribution in [0.3, 0.4) is 0 Å². The minimum atomic E-state index is -0.485. The molecule has 1 aliphatic rings. The number of ether oxygens (including phenoxy) is 1. The topological polar surface area (TPSA) is 75.8 Å². The molecule has 0 spiro atoms. The van der Waals surface area contributed by atoms with E-state index < -0.39 is 4.92 Å². The van der Waals surface area contributed by atoms with E-state index in [4.69, 9.17) is 4.74 Å². The van der Waals surface area contributed by atoms with E-state index in [-0.39, 0.29) is 27.3 Å². The average Bonchev–Trinajstić information content (AvgIpc) is 2.52. The number of aromatic hydroxyl groups is 1. The third kappa shape index (κ3) is 4.10. The largest absolute Gasteiger partial charge is 0.504 e. The summed E-state index contributed by atoms with van der Waals surface area (Å²) in [5, 5.41) is 21.6. The van der Waals surface area contributed by atoms with Gasteiger partial charge < -0.3 is 9.84 Å². The Hall–Kier alpha value is -1.73. The number of rotatable bonds is 4. The number of nitro benzene ring substituents is 1. The van der Waals surface area contributed by atoms with Gasteiger partial charge in [0.2, 0.25) is 0 Å². The minimum Gasteiger partial charge on any atom is -0.504 e. The first-order chi connectivity index (χ1) is 11.6. The van der Waals surface area contributed by atoms with E-state index in [0.717, 1.165) is 12.1 Å². The van der Waals surface area contributed by atoms with Crippen LogP contribution >= 0.6 is 11.8 Å². The molecule has 1 N–H and O–H groups in total. The number of non-ortho nitro benzene ring substituents is 1. The van der Waals surface area contributed by atoms with Crippen molar-refractivity contribution in [2.45, 2.75) is 37.8 Å². The van der Waals surface area contributed by atoms with Gasteiger partial charge in [-0.05, 0) is 31.5 Å². The van der Waals surface area contributed by atoms with Crippen LogP contribution in [0.15, 0.2) is 17.7 Å². The number of benzene rings is 1. The zero-order valence-corrected chi connectivity index (χ0v) is 16.4. The van der Waals surface area contributed by atoms with E-state index in [1.54, 1.807) is 0 Å². The fourth-order valence-electron chi connectivity index (χ4n) is 2.98. The molecule has 138 valence electrons. The Labute approximate surface area is 153 Å². The molecule has 1 saturated heterocycles. The monoisotopic (exact) mass is 366 g/mol. The third-order valence-electron chi connectivity index (χ3n) is 4.86. The molecule has 1 aromatic carbocycles. The lowest BCUT2D eigenvalue weighted by atomic mass is 9.95. The molecule has 2 atom stereocenters. The lowest BCUT2D eigenvalue weighted by Crippen LogP contribution is -2.47. The predicted molar refractivity (Wildman–Crippen MR) is 102 cm³/mol. The number of phenols is 1. The second-order valence-electron chi connectivity index (χ2n) is 7.15. The van der Waals surface area contributed by atoms with Crippen LogP contribution in [0.4, 0.5) is 5.69 Å². The molecular formula is C18H26N2O4S. The van der Waals surface area contributed by atoms with Crippen LogP contribution in [0.5, 0.6) is 11.5 Å². The summed E-state index contributed by atoms with van der Waals surface area (Å²) in [6.45, 7) is 9.69. The van der Waals surface area contributed by atoms with E-state index >= 15 is 0 Å². The van der Waals surface area contributed by atoms with E-state index in [0.29, 0.717) is 11.5 Å². The Morgan fingerprint density at radius 3 is 2.72 bits per heavy atom. The molecule has 0 amide bonds. The molecule has 7 heteroatoms. The van der Waals surface area contributed by atoms with Gasteiger partial charge in [0.15, 0.2) is 11.5 Å². The third-order valence-corrected chi connectivity index (χ3v) is 6.82. The molecule has 25 heavy (non-hydrogen) atoms. The maximum absolute atomic E-state index is 11.1. The molecule has 6 nitrogen and oxygen atoms in total. The zero-order chi connectivity index (χ0) is 18.9. The molecule has 2 unspecified atom stereocenters. The Morgan fingerprint density at radius 2 is 2.16 bits per heavy atom. The van der Waals surface area contributed by atoms with Gasteiger partial charge in [-0.1, -0.05) is 20.8 Å². The SMILES string of the molecule is COc1cc([N+](=O)[O-])cc(C=C(C)C2SC(C)(C)C(C)CN2C)c1O. The highest BCUT2D eigenvalue weighted by Gasteiger charge is 2.38. The second-order valence-corrected chi connectivity index (χ2v) is 8.88. The van der Waals surface area contributed by atoms with Crippen molar-refractivity contribution in [2.24, 2.45) is 5.92 Å². The Balaban J connectivity index is 2.42. The number of hydrogen-bond donors (Lipinski definition) is 1. The first-order valence-electron chi connectivity index (χ1n) is 8.18. The number of nitrogens with zero attached hydrogens (tertiary/aromatic N) is 2. The van der Waals surface area contributed by atoms with Gasteiger partial charge >= 0.3 is 0 Å².